The molecule has 2 aromatic carbocycles. The molecule has 3 aromatic rings. The molecule has 0 radical (unpaired) electrons. The number of amides is 1. The minimum atomic E-state index is -0.0196. The van der Waals surface area contributed by atoms with Gasteiger partial charge in [0.15, 0.2) is 11.0 Å². The van der Waals surface area contributed by atoms with Crippen molar-refractivity contribution in [2.24, 2.45) is 0 Å². The van der Waals surface area contributed by atoms with E-state index in [1.807, 2.05) is 48.1 Å². The maximum atomic E-state index is 12.2. The second-order valence-electron chi connectivity index (χ2n) is 5.86. The Morgan fingerprint density at radius 3 is 2.38 bits per heavy atom. The van der Waals surface area contributed by atoms with Gasteiger partial charge in [-0.1, -0.05) is 66.4 Å². The van der Waals surface area contributed by atoms with Gasteiger partial charge >= 0.3 is 0 Å². The van der Waals surface area contributed by atoms with Gasteiger partial charge in [0.1, 0.15) is 0 Å². The molecule has 3 rings (SSSR count). The van der Waals surface area contributed by atoms with Crippen LogP contribution in [0.2, 0.25) is 0 Å². The first-order chi connectivity index (χ1) is 12.7. The molecule has 0 fully saturated rings. The van der Waals surface area contributed by atoms with Gasteiger partial charge in [0.05, 0.1) is 13.0 Å². The number of nitrogens with one attached hydrogen (secondary N) is 1. The summed E-state index contributed by atoms with van der Waals surface area (Å²) in [7, 11) is 0. The standard InChI is InChI=1S/C20H22N4OS/c1-3-24-18(22-23-20(24)26-2)14-21-19(25)13-15-9-11-17(12-10-15)16-7-5-4-6-8-16/h4-12H,3,13-14H2,1-2H3,(H,21,25). The van der Waals surface area contributed by atoms with E-state index in [4.69, 9.17) is 0 Å². The summed E-state index contributed by atoms with van der Waals surface area (Å²) in [4.78, 5) is 12.2. The van der Waals surface area contributed by atoms with Crippen molar-refractivity contribution in [1.82, 2.24) is 20.1 Å². The molecule has 6 heteroatoms. The predicted molar refractivity (Wildman–Crippen MR) is 105 cm³/mol. The summed E-state index contributed by atoms with van der Waals surface area (Å²) in [6.45, 7) is 3.22. The van der Waals surface area contributed by atoms with Crippen molar-refractivity contribution in [3.63, 3.8) is 0 Å². The van der Waals surface area contributed by atoms with Crippen molar-refractivity contribution in [2.75, 3.05) is 6.26 Å². The van der Waals surface area contributed by atoms with Crippen LogP contribution in [0.25, 0.3) is 11.1 Å². The third-order valence-electron chi connectivity index (χ3n) is 4.16. The first-order valence-corrected chi connectivity index (χ1v) is 9.81. The van der Waals surface area contributed by atoms with E-state index in [0.29, 0.717) is 13.0 Å². The van der Waals surface area contributed by atoms with Crippen LogP contribution in [0.3, 0.4) is 0 Å². The monoisotopic (exact) mass is 366 g/mol. The molecule has 0 saturated carbocycles. The van der Waals surface area contributed by atoms with Gasteiger partial charge in [-0.3, -0.25) is 4.79 Å². The van der Waals surface area contributed by atoms with E-state index in [-0.39, 0.29) is 5.91 Å². The van der Waals surface area contributed by atoms with Crippen LogP contribution in [-0.2, 0) is 24.3 Å². The first kappa shape index (κ1) is 18.2. The van der Waals surface area contributed by atoms with Crippen LogP contribution in [0.1, 0.15) is 18.3 Å². The molecule has 26 heavy (non-hydrogen) atoms. The Morgan fingerprint density at radius 2 is 1.73 bits per heavy atom. The number of hydrogen-bond acceptors (Lipinski definition) is 4. The number of carbonyl (C=O) groups excluding carboxylic acids is 1. The third kappa shape index (κ3) is 4.32. The molecule has 5 nitrogen and oxygen atoms in total. The average Bonchev–Trinajstić information content (AvgIpc) is 3.09. The molecule has 0 saturated heterocycles. The van der Waals surface area contributed by atoms with Gasteiger partial charge in [0.2, 0.25) is 5.91 Å². The van der Waals surface area contributed by atoms with Gasteiger partial charge in [-0.25, -0.2) is 0 Å². The summed E-state index contributed by atoms with van der Waals surface area (Å²) in [5.74, 6) is 0.762. The van der Waals surface area contributed by atoms with E-state index in [9.17, 15) is 4.79 Å². The highest BCUT2D eigenvalue weighted by Gasteiger charge is 2.11. The molecule has 0 unspecified atom stereocenters. The summed E-state index contributed by atoms with van der Waals surface area (Å²) >= 11 is 1.55. The van der Waals surface area contributed by atoms with Crippen molar-refractivity contribution >= 4 is 17.7 Å². The topological polar surface area (TPSA) is 59.8 Å². The fraction of sp³-hybridized carbons (Fsp3) is 0.250. The molecular weight excluding hydrogens is 344 g/mol. The Labute approximate surface area is 157 Å². The summed E-state index contributed by atoms with van der Waals surface area (Å²) < 4.78 is 2.01. The molecule has 0 spiro atoms. The Morgan fingerprint density at radius 1 is 1.04 bits per heavy atom. The normalized spacial score (nSPS) is 10.7. The second-order valence-corrected chi connectivity index (χ2v) is 6.64. The second kappa shape index (κ2) is 8.67. The number of rotatable bonds is 7. The van der Waals surface area contributed by atoms with E-state index < -0.39 is 0 Å². The van der Waals surface area contributed by atoms with Crippen LogP contribution in [0.15, 0.2) is 59.8 Å². The fourth-order valence-corrected chi connectivity index (χ4v) is 3.37. The van der Waals surface area contributed by atoms with Crippen LogP contribution in [0.4, 0.5) is 0 Å². The van der Waals surface area contributed by atoms with Crippen LogP contribution < -0.4 is 5.32 Å². The summed E-state index contributed by atoms with van der Waals surface area (Å²) in [6, 6.07) is 18.3. The maximum absolute atomic E-state index is 12.2. The van der Waals surface area contributed by atoms with Gasteiger partial charge in [0, 0.05) is 6.54 Å². The molecule has 0 atom stereocenters. The molecule has 1 heterocycles. The van der Waals surface area contributed by atoms with Crippen LogP contribution >= 0.6 is 11.8 Å². The number of hydrogen-bond donors (Lipinski definition) is 1. The van der Waals surface area contributed by atoms with Crippen molar-refractivity contribution in [1.29, 1.82) is 0 Å². The van der Waals surface area contributed by atoms with Crippen LogP contribution in [0.5, 0.6) is 0 Å². The van der Waals surface area contributed by atoms with Crippen LogP contribution in [-0.4, -0.2) is 26.9 Å². The molecule has 0 aliphatic carbocycles. The zero-order valence-electron chi connectivity index (χ0n) is 15.0. The summed E-state index contributed by atoms with van der Waals surface area (Å²) in [6.07, 6.45) is 2.32. The highest BCUT2D eigenvalue weighted by Crippen LogP contribution is 2.19. The van der Waals surface area contributed by atoms with E-state index in [1.165, 1.54) is 5.56 Å². The Hall–Kier alpha value is -2.60. The lowest BCUT2D eigenvalue weighted by Gasteiger charge is -2.08. The van der Waals surface area contributed by atoms with Gasteiger partial charge in [-0.05, 0) is 29.9 Å². The van der Waals surface area contributed by atoms with E-state index in [0.717, 1.165) is 28.7 Å². The zero-order valence-corrected chi connectivity index (χ0v) is 15.8. The summed E-state index contributed by atoms with van der Waals surface area (Å²) in [5.41, 5.74) is 3.31. The largest absolute Gasteiger partial charge is 0.349 e. The van der Waals surface area contributed by atoms with Crippen molar-refractivity contribution in [2.45, 2.75) is 31.6 Å². The van der Waals surface area contributed by atoms with Crippen molar-refractivity contribution in [3.05, 3.63) is 66.0 Å². The number of thioether (sulfide) groups is 1. The highest BCUT2D eigenvalue weighted by atomic mass is 32.2. The molecular formula is C20H22N4OS. The van der Waals surface area contributed by atoms with E-state index in [1.54, 1.807) is 11.8 Å². The SMILES string of the molecule is CCn1c(CNC(=O)Cc2ccc(-c3ccccc3)cc2)nnc1SC. The molecule has 0 bridgehead atoms. The summed E-state index contributed by atoms with van der Waals surface area (Å²) in [5, 5.41) is 12.1. The van der Waals surface area contributed by atoms with Gasteiger partial charge < -0.3 is 9.88 Å². The fourth-order valence-electron chi connectivity index (χ4n) is 2.79. The highest BCUT2D eigenvalue weighted by molar-refractivity contribution is 7.98. The van der Waals surface area contributed by atoms with Crippen molar-refractivity contribution < 1.29 is 4.79 Å². The Kier molecular flexibility index (Phi) is 6.07. The first-order valence-electron chi connectivity index (χ1n) is 8.58. The third-order valence-corrected chi connectivity index (χ3v) is 4.83. The molecule has 1 amide bonds. The Bertz CT molecular complexity index is 859. The van der Waals surface area contributed by atoms with Crippen LogP contribution in [0, 0.1) is 0 Å². The van der Waals surface area contributed by atoms with Crippen molar-refractivity contribution in [3.8, 4) is 11.1 Å². The van der Waals surface area contributed by atoms with E-state index >= 15 is 0 Å². The number of benzene rings is 2. The molecule has 0 aliphatic rings. The minimum Gasteiger partial charge on any atom is -0.349 e. The number of aromatic nitrogens is 3. The number of carbonyl (C=O) groups is 1. The minimum absolute atomic E-state index is 0.0196. The predicted octanol–water partition coefficient (Wildman–Crippen LogP) is 3.55. The smallest absolute Gasteiger partial charge is 0.224 e. The lowest BCUT2D eigenvalue weighted by Crippen LogP contribution is -2.26. The zero-order chi connectivity index (χ0) is 18.4. The number of nitrogens with zero attached hydrogens (tertiary/aromatic N) is 3. The maximum Gasteiger partial charge on any atom is 0.224 e. The molecule has 134 valence electrons. The average molecular weight is 366 g/mol. The lowest BCUT2D eigenvalue weighted by molar-refractivity contribution is -0.120. The Balaban J connectivity index is 1.58. The quantitative estimate of drug-likeness (QED) is 0.650. The van der Waals surface area contributed by atoms with Gasteiger partial charge in [-0.2, -0.15) is 0 Å². The van der Waals surface area contributed by atoms with Gasteiger partial charge in [-0.15, -0.1) is 10.2 Å². The van der Waals surface area contributed by atoms with Gasteiger partial charge in [0.25, 0.3) is 0 Å². The molecule has 1 aromatic heterocycles. The lowest BCUT2D eigenvalue weighted by atomic mass is 10.0. The molecule has 0 aliphatic heterocycles. The van der Waals surface area contributed by atoms with E-state index in [2.05, 4.69) is 39.8 Å². The molecule has 1 N–H and O–H groups in total.